The quantitative estimate of drug-likeness (QED) is 0.663. The van der Waals surface area contributed by atoms with Crippen LogP contribution in [-0.4, -0.2) is 30.9 Å². The molecule has 0 aliphatic carbocycles. The second-order valence-electron chi connectivity index (χ2n) is 5.42. The minimum absolute atomic E-state index is 0.115. The monoisotopic (exact) mass is 393 g/mol. The van der Waals surface area contributed by atoms with Crippen molar-refractivity contribution in [2.24, 2.45) is 7.05 Å². The largest absolute Gasteiger partial charge is 0.305 e. The molecule has 0 radical (unpaired) electrons. The summed E-state index contributed by atoms with van der Waals surface area (Å²) in [6, 6.07) is 7.40. The summed E-state index contributed by atoms with van der Waals surface area (Å²) < 4.78 is 1.87. The molecule has 3 aromatic rings. The van der Waals surface area contributed by atoms with Gasteiger partial charge in [-0.25, -0.2) is 4.98 Å². The second kappa shape index (κ2) is 7.55. The molecule has 6 nitrogen and oxygen atoms in total. The highest BCUT2D eigenvalue weighted by molar-refractivity contribution is 8.00. The lowest BCUT2D eigenvalue weighted by Crippen LogP contribution is -2.22. The van der Waals surface area contributed by atoms with Crippen LogP contribution < -0.4 is 5.32 Å². The summed E-state index contributed by atoms with van der Waals surface area (Å²) in [7, 11) is 1.88. The van der Waals surface area contributed by atoms with Gasteiger partial charge in [0.1, 0.15) is 0 Å². The van der Waals surface area contributed by atoms with Gasteiger partial charge in [-0.15, -0.1) is 21.5 Å². The Bertz CT molecular complexity index is 890. The van der Waals surface area contributed by atoms with Crippen LogP contribution >= 0.6 is 34.7 Å². The predicted molar refractivity (Wildman–Crippen MR) is 102 cm³/mol. The van der Waals surface area contributed by atoms with E-state index in [9.17, 15) is 4.79 Å². The first-order valence-corrected chi connectivity index (χ1v) is 9.62. The number of thiazole rings is 1. The smallest absolute Gasteiger partial charge is 0.239 e. The van der Waals surface area contributed by atoms with Crippen molar-refractivity contribution >= 4 is 45.7 Å². The van der Waals surface area contributed by atoms with E-state index in [1.165, 1.54) is 23.1 Å². The summed E-state index contributed by atoms with van der Waals surface area (Å²) in [5.41, 5.74) is 1.81. The number of carbonyl (C=O) groups excluding carboxylic acids is 1. The lowest BCUT2D eigenvalue weighted by Gasteiger charge is -2.10. The van der Waals surface area contributed by atoms with Crippen LogP contribution in [0.5, 0.6) is 0 Å². The van der Waals surface area contributed by atoms with Gasteiger partial charge >= 0.3 is 0 Å². The van der Waals surface area contributed by atoms with E-state index in [4.69, 9.17) is 11.6 Å². The Labute approximate surface area is 158 Å². The predicted octanol–water partition coefficient (Wildman–Crippen LogP) is 4.02. The first-order chi connectivity index (χ1) is 11.9. The highest BCUT2D eigenvalue weighted by atomic mass is 35.5. The Kier molecular flexibility index (Phi) is 5.41. The molecule has 0 aliphatic heterocycles. The van der Waals surface area contributed by atoms with Gasteiger partial charge in [0, 0.05) is 23.0 Å². The average molecular weight is 394 g/mol. The molecule has 0 spiro atoms. The van der Waals surface area contributed by atoms with Gasteiger partial charge in [-0.3, -0.25) is 4.79 Å². The third-order valence-electron chi connectivity index (χ3n) is 3.44. The molecule has 1 atom stereocenters. The molecule has 3 rings (SSSR count). The summed E-state index contributed by atoms with van der Waals surface area (Å²) in [6.07, 6.45) is 0. The van der Waals surface area contributed by atoms with Crippen LogP contribution in [0, 0.1) is 6.92 Å². The van der Waals surface area contributed by atoms with Crippen LogP contribution in [0.3, 0.4) is 0 Å². The number of hydrogen-bond acceptors (Lipinski definition) is 6. The van der Waals surface area contributed by atoms with Gasteiger partial charge in [-0.05, 0) is 38.1 Å². The number of aromatic nitrogens is 4. The molecule has 0 fully saturated rings. The number of amides is 1. The number of halogens is 1. The summed E-state index contributed by atoms with van der Waals surface area (Å²) in [4.78, 5) is 16.6. The van der Waals surface area contributed by atoms with E-state index < -0.39 is 0 Å². The minimum atomic E-state index is -0.329. The molecule has 2 heterocycles. The Morgan fingerprint density at radius 2 is 2.04 bits per heavy atom. The van der Waals surface area contributed by atoms with Crippen molar-refractivity contribution in [3.05, 3.63) is 40.4 Å². The van der Waals surface area contributed by atoms with Gasteiger partial charge < -0.3 is 9.88 Å². The molecule has 2 aromatic heterocycles. The van der Waals surface area contributed by atoms with Crippen molar-refractivity contribution in [3.63, 3.8) is 0 Å². The van der Waals surface area contributed by atoms with E-state index in [0.29, 0.717) is 15.3 Å². The number of nitrogens with one attached hydrogen (secondary N) is 1. The van der Waals surface area contributed by atoms with Crippen LogP contribution in [0.15, 0.2) is 34.8 Å². The van der Waals surface area contributed by atoms with Crippen molar-refractivity contribution in [1.82, 2.24) is 19.7 Å². The molecule has 0 saturated heterocycles. The SMILES string of the molecule is Cc1csc(NC(=O)[C@H](C)Sc2nnc(-c3ccc(Cl)cc3)n2C)n1. The molecule has 1 aromatic carbocycles. The number of thioether (sulfide) groups is 1. The number of carbonyl (C=O) groups is 1. The van der Waals surface area contributed by atoms with Crippen molar-refractivity contribution < 1.29 is 4.79 Å². The van der Waals surface area contributed by atoms with Crippen LogP contribution in [0.4, 0.5) is 5.13 Å². The Balaban J connectivity index is 1.70. The summed E-state index contributed by atoms with van der Waals surface area (Å²) in [5.74, 6) is 0.609. The maximum Gasteiger partial charge on any atom is 0.239 e. The van der Waals surface area contributed by atoms with Gasteiger partial charge in [-0.2, -0.15) is 0 Å². The zero-order valence-corrected chi connectivity index (χ0v) is 16.2. The second-order valence-corrected chi connectivity index (χ2v) is 8.02. The van der Waals surface area contributed by atoms with Crippen molar-refractivity contribution in [2.45, 2.75) is 24.3 Å². The molecule has 25 heavy (non-hydrogen) atoms. The molecule has 0 aliphatic rings. The summed E-state index contributed by atoms with van der Waals surface area (Å²) in [6.45, 7) is 3.72. The number of nitrogens with zero attached hydrogens (tertiary/aromatic N) is 4. The van der Waals surface area contributed by atoms with Crippen LogP contribution in [0.1, 0.15) is 12.6 Å². The van der Waals surface area contributed by atoms with E-state index >= 15 is 0 Å². The maximum atomic E-state index is 12.3. The fourth-order valence-corrected chi connectivity index (χ4v) is 3.73. The zero-order chi connectivity index (χ0) is 18.0. The third kappa shape index (κ3) is 4.20. The van der Waals surface area contributed by atoms with Crippen LogP contribution in [-0.2, 0) is 11.8 Å². The molecule has 9 heteroatoms. The highest BCUT2D eigenvalue weighted by Gasteiger charge is 2.20. The first-order valence-electron chi connectivity index (χ1n) is 7.49. The average Bonchev–Trinajstić information content (AvgIpc) is 3.15. The first kappa shape index (κ1) is 17.9. The number of aryl methyl sites for hydroxylation is 1. The number of hydrogen-bond donors (Lipinski definition) is 1. The van der Waals surface area contributed by atoms with Gasteiger partial charge in [0.15, 0.2) is 16.1 Å². The zero-order valence-electron chi connectivity index (χ0n) is 13.9. The maximum absolute atomic E-state index is 12.3. The standard InChI is InChI=1S/C16H16ClN5OS2/c1-9-8-24-15(18-9)19-14(23)10(2)25-16-21-20-13(22(16)3)11-4-6-12(17)7-5-11/h4-8,10H,1-3H3,(H,18,19,23)/t10-/m0/s1. The van der Waals surface area contributed by atoms with Gasteiger partial charge in [-0.1, -0.05) is 23.4 Å². The fourth-order valence-electron chi connectivity index (χ4n) is 2.10. The molecule has 130 valence electrons. The lowest BCUT2D eigenvalue weighted by atomic mass is 10.2. The Morgan fingerprint density at radius 1 is 1.32 bits per heavy atom. The lowest BCUT2D eigenvalue weighted by molar-refractivity contribution is -0.115. The van der Waals surface area contributed by atoms with E-state index in [-0.39, 0.29) is 11.2 Å². The Morgan fingerprint density at radius 3 is 2.68 bits per heavy atom. The third-order valence-corrected chi connectivity index (χ3v) is 5.70. The minimum Gasteiger partial charge on any atom is -0.305 e. The highest BCUT2D eigenvalue weighted by Crippen LogP contribution is 2.27. The summed E-state index contributed by atoms with van der Waals surface area (Å²) >= 11 is 8.68. The molecular formula is C16H16ClN5OS2. The van der Waals surface area contributed by atoms with E-state index in [1.54, 1.807) is 0 Å². The number of anilines is 1. The summed E-state index contributed by atoms with van der Waals surface area (Å²) in [5, 5.41) is 14.8. The Hall–Kier alpha value is -1.90. The number of rotatable bonds is 5. The van der Waals surface area contributed by atoms with E-state index in [1.807, 2.05) is 55.1 Å². The number of benzene rings is 1. The van der Waals surface area contributed by atoms with Crippen LogP contribution in [0.25, 0.3) is 11.4 Å². The van der Waals surface area contributed by atoms with Gasteiger partial charge in [0.25, 0.3) is 0 Å². The van der Waals surface area contributed by atoms with Crippen molar-refractivity contribution in [1.29, 1.82) is 0 Å². The molecule has 0 unspecified atom stereocenters. The fraction of sp³-hybridized carbons (Fsp3) is 0.250. The molecule has 1 N–H and O–H groups in total. The molecular weight excluding hydrogens is 378 g/mol. The van der Waals surface area contributed by atoms with Crippen molar-refractivity contribution in [2.75, 3.05) is 5.32 Å². The normalized spacial score (nSPS) is 12.2. The molecule has 0 bridgehead atoms. The topological polar surface area (TPSA) is 72.7 Å². The van der Waals surface area contributed by atoms with Gasteiger partial charge in [0.05, 0.1) is 10.9 Å². The molecule has 1 amide bonds. The van der Waals surface area contributed by atoms with Crippen LogP contribution in [0.2, 0.25) is 5.02 Å². The molecule has 0 saturated carbocycles. The van der Waals surface area contributed by atoms with E-state index in [0.717, 1.165) is 17.1 Å². The van der Waals surface area contributed by atoms with E-state index in [2.05, 4.69) is 20.5 Å². The van der Waals surface area contributed by atoms with Crippen molar-refractivity contribution in [3.8, 4) is 11.4 Å². The van der Waals surface area contributed by atoms with Gasteiger partial charge in [0.2, 0.25) is 5.91 Å².